The lowest BCUT2D eigenvalue weighted by atomic mass is 9.91. The normalized spacial score (nSPS) is 21.1. The first-order valence-corrected chi connectivity index (χ1v) is 11.8. The summed E-state index contributed by atoms with van der Waals surface area (Å²) in [5.41, 5.74) is 3.69. The average Bonchev–Trinajstić information content (AvgIpc) is 3.11. The van der Waals surface area contributed by atoms with Gasteiger partial charge in [-0.2, -0.15) is 0 Å². The van der Waals surface area contributed by atoms with Crippen molar-refractivity contribution in [3.05, 3.63) is 40.4 Å². The molecule has 0 unspecified atom stereocenters. The quantitative estimate of drug-likeness (QED) is 0.776. The SMILES string of the molecule is Cc1ccc(-c2nc3c(s2)CN(CC(=O)N2CCN(C4CCC4)CC2)CC3)cc1. The van der Waals surface area contributed by atoms with Crippen molar-refractivity contribution in [1.29, 1.82) is 0 Å². The molecule has 5 rings (SSSR count). The Kier molecular flexibility index (Phi) is 5.41. The van der Waals surface area contributed by atoms with Gasteiger partial charge >= 0.3 is 0 Å². The highest BCUT2D eigenvalue weighted by atomic mass is 32.1. The molecule has 0 N–H and O–H groups in total. The first-order valence-electron chi connectivity index (χ1n) is 11.0. The fraction of sp³-hybridized carbons (Fsp3) is 0.565. The summed E-state index contributed by atoms with van der Waals surface area (Å²) in [4.78, 5) is 26.0. The summed E-state index contributed by atoms with van der Waals surface area (Å²) in [6, 6.07) is 9.40. The molecule has 1 saturated heterocycles. The fourth-order valence-electron chi connectivity index (χ4n) is 4.58. The van der Waals surface area contributed by atoms with Crippen LogP contribution in [0.3, 0.4) is 0 Å². The van der Waals surface area contributed by atoms with Gasteiger partial charge in [0.2, 0.25) is 5.91 Å². The highest BCUT2D eigenvalue weighted by Gasteiger charge is 2.30. The Bertz CT molecular complexity index is 866. The molecule has 1 aromatic heterocycles. The molecule has 1 amide bonds. The Morgan fingerprint density at radius 1 is 1.10 bits per heavy atom. The molecule has 0 spiro atoms. The van der Waals surface area contributed by atoms with E-state index in [4.69, 9.17) is 4.98 Å². The standard InChI is InChI=1S/C23H30N4OS/c1-17-5-7-18(8-6-17)23-24-20-9-10-25(15-21(20)29-23)16-22(28)27-13-11-26(12-14-27)19-3-2-4-19/h5-8,19H,2-4,9-16H2,1H3. The minimum atomic E-state index is 0.296. The van der Waals surface area contributed by atoms with Crippen LogP contribution < -0.4 is 0 Å². The van der Waals surface area contributed by atoms with Gasteiger partial charge in [0.15, 0.2) is 0 Å². The zero-order valence-electron chi connectivity index (χ0n) is 17.3. The summed E-state index contributed by atoms with van der Waals surface area (Å²) < 4.78 is 0. The molecule has 0 radical (unpaired) electrons. The number of nitrogens with zero attached hydrogens (tertiary/aromatic N) is 4. The number of piperazine rings is 1. The Balaban J connectivity index is 1.17. The van der Waals surface area contributed by atoms with Gasteiger partial charge in [0, 0.05) is 62.2 Å². The Labute approximate surface area is 177 Å². The summed E-state index contributed by atoms with van der Waals surface area (Å²) in [6.45, 7) is 8.33. The molecule has 1 saturated carbocycles. The third-order valence-electron chi connectivity index (χ3n) is 6.73. The van der Waals surface area contributed by atoms with Crippen LogP contribution in [0.4, 0.5) is 0 Å². The molecule has 0 atom stereocenters. The van der Waals surface area contributed by atoms with E-state index in [0.717, 1.165) is 56.7 Å². The summed E-state index contributed by atoms with van der Waals surface area (Å²) >= 11 is 1.79. The number of benzene rings is 1. The van der Waals surface area contributed by atoms with Crippen molar-refractivity contribution in [2.45, 2.75) is 45.2 Å². The zero-order chi connectivity index (χ0) is 19.8. The van der Waals surface area contributed by atoms with Crippen LogP contribution in [0.5, 0.6) is 0 Å². The van der Waals surface area contributed by atoms with Gasteiger partial charge in [-0.15, -0.1) is 11.3 Å². The van der Waals surface area contributed by atoms with E-state index in [9.17, 15) is 4.79 Å². The second kappa shape index (κ2) is 8.17. The van der Waals surface area contributed by atoms with Crippen LogP contribution in [-0.2, 0) is 17.8 Å². The van der Waals surface area contributed by atoms with Crippen LogP contribution in [0.15, 0.2) is 24.3 Å². The molecule has 154 valence electrons. The molecule has 5 nitrogen and oxygen atoms in total. The number of hydrogen-bond donors (Lipinski definition) is 0. The number of fused-ring (bicyclic) bond motifs is 1. The van der Waals surface area contributed by atoms with E-state index in [2.05, 4.69) is 45.9 Å². The van der Waals surface area contributed by atoms with Gasteiger partial charge in [-0.1, -0.05) is 36.2 Å². The minimum absolute atomic E-state index is 0.296. The largest absolute Gasteiger partial charge is 0.339 e. The van der Waals surface area contributed by atoms with Gasteiger partial charge in [0.25, 0.3) is 0 Å². The lowest BCUT2D eigenvalue weighted by Crippen LogP contribution is -2.55. The highest BCUT2D eigenvalue weighted by molar-refractivity contribution is 7.15. The highest BCUT2D eigenvalue weighted by Crippen LogP contribution is 2.32. The number of amides is 1. The number of hydrogen-bond acceptors (Lipinski definition) is 5. The van der Waals surface area contributed by atoms with Crippen LogP contribution in [0.2, 0.25) is 0 Å². The van der Waals surface area contributed by atoms with Crippen molar-refractivity contribution < 1.29 is 4.79 Å². The lowest BCUT2D eigenvalue weighted by Gasteiger charge is -2.43. The van der Waals surface area contributed by atoms with E-state index in [1.807, 2.05) is 0 Å². The summed E-state index contributed by atoms with van der Waals surface area (Å²) in [5.74, 6) is 0.296. The van der Waals surface area contributed by atoms with E-state index in [1.54, 1.807) is 11.3 Å². The van der Waals surface area contributed by atoms with Crippen LogP contribution >= 0.6 is 11.3 Å². The van der Waals surface area contributed by atoms with E-state index in [0.29, 0.717) is 12.5 Å². The fourth-order valence-corrected chi connectivity index (χ4v) is 5.74. The third kappa shape index (κ3) is 4.11. The van der Waals surface area contributed by atoms with E-state index >= 15 is 0 Å². The van der Waals surface area contributed by atoms with E-state index in [1.165, 1.54) is 41.0 Å². The second-order valence-electron chi connectivity index (χ2n) is 8.72. The van der Waals surface area contributed by atoms with Crippen molar-refractivity contribution in [3.8, 4) is 10.6 Å². The molecular formula is C23H30N4OS. The Morgan fingerprint density at radius 2 is 1.86 bits per heavy atom. The number of rotatable bonds is 4. The maximum Gasteiger partial charge on any atom is 0.236 e. The second-order valence-corrected chi connectivity index (χ2v) is 9.80. The molecule has 29 heavy (non-hydrogen) atoms. The van der Waals surface area contributed by atoms with E-state index < -0.39 is 0 Å². The van der Waals surface area contributed by atoms with Gasteiger partial charge in [0.1, 0.15) is 5.01 Å². The molecule has 2 aromatic rings. The topological polar surface area (TPSA) is 39.7 Å². The molecular weight excluding hydrogens is 380 g/mol. The number of thiazole rings is 1. The van der Waals surface area contributed by atoms with Gasteiger partial charge in [-0.25, -0.2) is 4.98 Å². The molecule has 2 aliphatic heterocycles. The smallest absolute Gasteiger partial charge is 0.236 e. The predicted octanol–water partition coefficient (Wildman–Crippen LogP) is 3.17. The van der Waals surface area contributed by atoms with Crippen LogP contribution in [0.25, 0.3) is 10.6 Å². The van der Waals surface area contributed by atoms with Crippen LogP contribution in [0.1, 0.15) is 35.4 Å². The average molecular weight is 411 g/mol. The maximum absolute atomic E-state index is 12.9. The van der Waals surface area contributed by atoms with Gasteiger partial charge in [0.05, 0.1) is 12.2 Å². The summed E-state index contributed by atoms with van der Waals surface area (Å²) in [7, 11) is 0. The first-order chi connectivity index (χ1) is 14.2. The predicted molar refractivity (Wildman–Crippen MR) is 117 cm³/mol. The summed E-state index contributed by atoms with van der Waals surface area (Å²) in [6.07, 6.45) is 5.03. The van der Waals surface area contributed by atoms with Crippen molar-refractivity contribution in [3.63, 3.8) is 0 Å². The Morgan fingerprint density at radius 3 is 2.55 bits per heavy atom. The van der Waals surface area contributed by atoms with E-state index in [-0.39, 0.29) is 0 Å². The van der Waals surface area contributed by atoms with Gasteiger partial charge in [-0.05, 0) is 19.8 Å². The lowest BCUT2D eigenvalue weighted by molar-refractivity contribution is -0.135. The van der Waals surface area contributed by atoms with Crippen molar-refractivity contribution in [2.24, 2.45) is 0 Å². The molecule has 3 aliphatic rings. The third-order valence-corrected chi connectivity index (χ3v) is 7.86. The molecule has 3 heterocycles. The van der Waals surface area contributed by atoms with Crippen molar-refractivity contribution in [2.75, 3.05) is 39.3 Å². The molecule has 6 heteroatoms. The maximum atomic E-state index is 12.9. The summed E-state index contributed by atoms with van der Waals surface area (Å²) in [5, 5.41) is 1.11. The van der Waals surface area contributed by atoms with Crippen LogP contribution in [-0.4, -0.2) is 70.9 Å². The number of carbonyl (C=O) groups excluding carboxylic acids is 1. The first kappa shape index (κ1) is 19.2. The van der Waals surface area contributed by atoms with Gasteiger partial charge < -0.3 is 4.90 Å². The Hall–Kier alpha value is -1.76. The zero-order valence-corrected chi connectivity index (χ0v) is 18.1. The number of aromatic nitrogens is 1. The van der Waals surface area contributed by atoms with Crippen molar-refractivity contribution >= 4 is 17.2 Å². The number of aryl methyl sites for hydroxylation is 1. The van der Waals surface area contributed by atoms with Gasteiger partial charge in [-0.3, -0.25) is 14.6 Å². The molecule has 1 aromatic carbocycles. The van der Waals surface area contributed by atoms with Crippen molar-refractivity contribution in [1.82, 2.24) is 19.7 Å². The molecule has 2 fully saturated rings. The molecule has 1 aliphatic carbocycles. The van der Waals surface area contributed by atoms with Crippen LogP contribution in [0, 0.1) is 6.92 Å². The molecule has 0 bridgehead atoms. The monoisotopic (exact) mass is 410 g/mol. The number of carbonyl (C=O) groups is 1. The minimum Gasteiger partial charge on any atom is -0.339 e.